The first-order valence-corrected chi connectivity index (χ1v) is 3.93. The van der Waals surface area contributed by atoms with E-state index in [1.54, 1.807) is 0 Å². The Kier molecular flexibility index (Phi) is 1.40. The number of benzene rings is 1. The van der Waals surface area contributed by atoms with Crippen molar-refractivity contribution >= 4 is 17.7 Å². The number of allylic oxidation sites excluding steroid dienone is 1. The third-order valence-electron chi connectivity index (χ3n) is 1.88. The van der Waals surface area contributed by atoms with Crippen molar-refractivity contribution < 1.29 is 0 Å². The molecular weight excluding hydrogens is 158 g/mol. The molecule has 2 rings (SSSR count). The molecule has 1 unspecified atom stereocenters. The smallest absolute Gasteiger partial charge is 0.0985 e. The Morgan fingerprint density at radius 2 is 2.00 bits per heavy atom. The number of rotatable bonds is 0. The topological polar surface area (TPSA) is 26.0 Å². The van der Waals surface area contributed by atoms with Gasteiger partial charge in [0, 0.05) is 5.70 Å². The molecule has 0 saturated heterocycles. The zero-order chi connectivity index (χ0) is 7.84. The number of hydrogen-bond acceptors (Lipinski definition) is 1. The van der Waals surface area contributed by atoms with Gasteiger partial charge in [0.05, 0.1) is 5.38 Å². The standard InChI is InChI=1S/C9H8ClN/c10-9-7-4-2-1-3-6(7)5-8(9)11/h1-5,9H,11H2. The van der Waals surface area contributed by atoms with Gasteiger partial charge in [0.25, 0.3) is 0 Å². The minimum absolute atomic E-state index is 0.119. The van der Waals surface area contributed by atoms with E-state index in [1.807, 2.05) is 30.3 Å². The van der Waals surface area contributed by atoms with Gasteiger partial charge in [0.2, 0.25) is 0 Å². The van der Waals surface area contributed by atoms with E-state index >= 15 is 0 Å². The summed E-state index contributed by atoms with van der Waals surface area (Å²) in [4.78, 5) is 0. The minimum atomic E-state index is -0.119. The van der Waals surface area contributed by atoms with E-state index < -0.39 is 0 Å². The highest BCUT2D eigenvalue weighted by Gasteiger charge is 2.19. The second-order valence-corrected chi connectivity index (χ2v) is 3.07. The Labute approximate surface area is 70.5 Å². The van der Waals surface area contributed by atoms with Crippen LogP contribution in [0, 0.1) is 0 Å². The number of alkyl halides is 1. The van der Waals surface area contributed by atoms with Crippen LogP contribution in [0.3, 0.4) is 0 Å². The molecule has 1 aromatic carbocycles. The predicted molar refractivity (Wildman–Crippen MR) is 47.2 cm³/mol. The number of halogens is 1. The summed E-state index contributed by atoms with van der Waals surface area (Å²) in [5.74, 6) is 0. The Hall–Kier alpha value is -0.950. The first kappa shape index (κ1) is 6.74. The summed E-state index contributed by atoms with van der Waals surface area (Å²) >= 11 is 6.00. The van der Waals surface area contributed by atoms with E-state index in [2.05, 4.69) is 0 Å². The molecule has 1 atom stereocenters. The van der Waals surface area contributed by atoms with E-state index in [4.69, 9.17) is 17.3 Å². The third-order valence-corrected chi connectivity index (χ3v) is 2.37. The van der Waals surface area contributed by atoms with E-state index in [1.165, 1.54) is 0 Å². The lowest BCUT2D eigenvalue weighted by atomic mass is 10.1. The fraction of sp³-hybridized carbons (Fsp3) is 0.111. The van der Waals surface area contributed by atoms with Gasteiger partial charge in [0.1, 0.15) is 0 Å². The second-order valence-electron chi connectivity index (χ2n) is 2.64. The van der Waals surface area contributed by atoms with Crippen LogP contribution in [0.5, 0.6) is 0 Å². The van der Waals surface area contributed by atoms with Crippen molar-refractivity contribution in [3.8, 4) is 0 Å². The normalized spacial score (nSPS) is 21.2. The molecule has 0 fully saturated rings. The molecule has 2 heteroatoms. The summed E-state index contributed by atoms with van der Waals surface area (Å²) in [7, 11) is 0. The van der Waals surface area contributed by atoms with Gasteiger partial charge in [-0.1, -0.05) is 24.3 Å². The van der Waals surface area contributed by atoms with Gasteiger partial charge in [-0.25, -0.2) is 0 Å². The fourth-order valence-corrected chi connectivity index (χ4v) is 1.57. The van der Waals surface area contributed by atoms with E-state index in [0.717, 1.165) is 16.8 Å². The van der Waals surface area contributed by atoms with Crippen LogP contribution >= 0.6 is 11.6 Å². The molecule has 2 N–H and O–H groups in total. The summed E-state index contributed by atoms with van der Waals surface area (Å²) < 4.78 is 0. The Morgan fingerprint density at radius 1 is 1.27 bits per heavy atom. The highest BCUT2D eigenvalue weighted by Crippen LogP contribution is 2.35. The van der Waals surface area contributed by atoms with Crippen molar-refractivity contribution in [1.82, 2.24) is 0 Å². The monoisotopic (exact) mass is 165 g/mol. The van der Waals surface area contributed by atoms with Crippen molar-refractivity contribution in [2.45, 2.75) is 5.38 Å². The van der Waals surface area contributed by atoms with Crippen LogP contribution in [-0.2, 0) is 0 Å². The molecule has 0 bridgehead atoms. The molecule has 56 valence electrons. The maximum Gasteiger partial charge on any atom is 0.0985 e. The van der Waals surface area contributed by atoms with Gasteiger partial charge in [0.15, 0.2) is 0 Å². The lowest BCUT2D eigenvalue weighted by Crippen LogP contribution is -1.98. The average Bonchev–Trinajstić information content (AvgIpc) is 2.30. The molecule has 0 aromatic heterocycles. The van der Waals surface area contributed by atoms with E-state index in [0.29, 0.717) is 0 Å². The highest BCUT2D eigenvalue weighted by molar-refractivity contribution is 6.23. The Balaban J connectivity index is 2.58. The quantitative estimate of drug-likeness (QED) is 0.587. The van der Waals surface area contributed by atoms with Gasteiger partial charge in [-0.3, -0.25) is 0 Å². The number of nitrogens with two attached hydrogens (primary N) is 1. The first-order valence-electron chi connectivity index (χ1n) is 3.49. The van der Waals surface area contributed by atoms with Crippen molar-refractivity contribution in [3.63, 3.8) is 0 Å². The van der Waals surface area contributed by atoms with E-state index in [9.17, 15) is 0 Å². The maximum atomic E-state index is 6.00. The van der Waals surface area contributed by atoms with Gasteiger partial charge >= 0.3 is 0 Å². The van der Waals surface area contributed by atoms with Crippen LogP contribution in [0.15, 0.2) is 30.0 Å². The van der Waals surface area contributed by atoms with Crippen LogP contribution < -0.4 is 5.73 Å². The zero-order valence-electron chi connectivity index (χ0n) is 5.92. The van der Waals surface area contributed by atoms with Crippen LogP contribution in [-0.4, -0.2) is 0 Å². The second kappa shape index (κ2) is 2.28. The molecule has 0 radical (unpaired) electrons. The van der Waals surface area contributed by atoms with Gasteiger partial charge in [-0.2, -0.15) is 0 Å². The van der Waals surface area contributed by atoms with Crippen molar-refractivity contribution in [1.29, 1.82) is 0 Å². The van der Waals surface area contributed by atoms with E-state index in [-0.39, 0.29) is 5.38 Å². The van der Waals surface area contributed by atoms with Crippen LogP contribution in [0.25, 0.3) is 6.08 Å². The van der Waals surface area contributed by atoms with Crippen LogP contribution in [0.4, 0.5) is 0 Å². The molecule has 0 amide bonds. The SMILES string of the molecule is NC1=Cc2ccccc2C1Cl. The van der Waals surface area contributed by atoms with Gasteiger partial charge < -0.3 is 5.73 Å². The summed E-state index contributed by atoms with van der Waals surface area (Å²) in [6.07, 6.45) is 1.92. The van der Waals surface area contributed by atoms with Gasteiger partial charge in [-0.15, -0.1) is 11.6 Å². The summed E-state index contributed by atoms with van der Waals surface area (Å²) in [6, 6.07) is 7.98. The average molecular weight is 166 g/mol. The summed E-state index contributed by atoms with van der Waals surface area (Å²) in [5.41, 5.74) is 8.66. The Bertz CT molecular complexity index is 317. The molecule has 1 aliphatic rings. The predicted octanol–water partition coefficient (Wildman–Crippen LogP) is 2.28. The molecule has 1 nitrogen and oxygen atoms in total. The van der Waals surface area contributed by atoms with Crippen molar-refractivity contribution in [2.24, 2.45) is 5.73 Å². The largest absolute Gasteiger partial charge is 0.401 e. The molecule has 11 heavy (non-hydrogen) atoms. The van der Waals surface area contributed by atoms with Crippen LogP contribution in [0.1, 0.15) is 16.5 Å². The molecular formula is C9H8ClN. The number of fused-ring (bicyclic) bond motifs is 1. The molecule has 0 heterocycles. The number of hydrogen-bond donors (Lipinski definition) is 1. The Morgan fingerprint density at radius 3 is 2.73 bits per heavy atom. The van der Waals surface area contributed by atoms with Gasteiger partial charge in [-0.05, 0) is 17.2 Å². The summed E-state index contributed by atoms with van der Waals surface area (Å²) in [5, 5.41) is -0.119. The molecule has 0 saturated carbocycles. The van der Waals surface area contributed by atoms with Crippen LogP contribution in [0.2, 0.25) is 0 Å². The van der Waals surface area contributed by atoms with Crippen molar-refractivity contribution in [2.75, 3.05) is 0 Å². The summed E-state index contributed by atoms with van der Waals surface area (Å²) in [6.45, 7) is 0. The lowest BCUT2D eigenvalue weighted by Gasteiger charge is -2.02. The third kappa shape index (κ3) is 0.925. The zero-order valence-corrected chi connectivity index (χ0v) is 6.68. The fourth-order valence-electron chi connectivity index (χ4n) is 1.31. The van der Waals surface area contributed by atoms with Crippen molar-refractivity contribution in [3.05, 3.63) is 41.1 Å². The molecule has 0 spiro atoms. The maximum absolute atomic E-state index is 6.00. The highest BCUT2D eigenvalue weighted by atomic mass is 35.5. The molecule has 0 aliphatic heterocycles. The first-order chi connectivity index (χ1) is 5.29. The molecule has 1 aromatic rings. The molecule has 1 aliphatic carbocycles. The minimum Gasteiger partial charge on any atom is -0.401 e. The lowest BCUT2D eigenvalue weighted by molar-refractivity contribution is 1.11.